The number of anilines is 1. The van der Waals surface area contributed by atoms with Crippen LogP contribution in [0.2, 0.25) is 0 Å². The number of carbonyl (C=O) groups is 1. The Hall–Kier alpha value is -2.31. The number of benzene rings is 2. The Morgan fingerprint density at radius 1 is 1.27 bits per heavy atom. The maximum absolute atomic E-state index is 12.1. The lowest BCUT2D eigenvalue weighted by atomic mass is 10.0. The quantitative estimate of drug-likeness (QED) is 0.507. The van der Waals surface area contributed by atoms with E-state index in [4.69, 9.17) is 15.3 Å². The molecule has 0 radical (unpaired) electrons. The number of nitrogens with one attached hydrogen (secondary N) is 1. The van der Waals surface area contributed by atoms with Crippen LogP contribution in [-0.2, 0) is 4.74 Å². The Bertz CT molecular complexity index is 696. The zero-order valence-electron chi connectivity index (χ0n) is 12.5. The Morgan fingerprint density at radius 3 is 2.59 bits per heavy atom. The van der Waals surface area contributed by atoms with Crippen molar-refractivity contribution in [2.24, 2.45) is 5.84 Å². The van der Waals surface area contributed by atoms with E-state index in [1.165, 1.54) is 0 Å². The number of methoxy groups -OCH3 is 1. The van der Waals surface area contributed by atoms with Gasteiger partial charge in [0.25, 0.3) is 5.91 Å². The Labute approximate surface area is 128 Å². The molecule has 0 bridgehead atoms. The highest BCUT2D eigenvalue weighted by molar-refractivity contribution is 6.11. The van der Waals surface area contributed by atoms with Gasteiger partial charge >= 0.3 is 0 Å². The first-order valence-corrected chi connectivity index (χ1v) is 7.19. The molecule has 3 rings (SSSR count). The molecule has 0 saturated carbocycles. The summed E-state index contributed by atoms with van der Waals surface area (Å²) in [7, 11) is 1.61. The van der Waals surface area contributed by atoms with E-state index >= 15 is 0 Å². The van der Waals surface area contributed by atoms with Gasteiger partial charge < -0.3 is 14.4 Å². The minimum absolute atomic E-state index is 0.331. The second-order valence-corrected chi connectivity index (χ2v) is 5.09. The highest BCUT2D eigenvalue weighted by Crippen LogP contribution is 2.38. The van der Waals surface area contributed by atoms with Crippen LogP contribution in [0.3, 0.4) is 0 Å². The number of hydrogen-bond acceptors (Lipinski definition) is 5. The van der Waals surface area contributed by atoms with Gasteiger partial charge in [-0.1, -0.05) is 24.3 Å². The predicted molar refractivity (Wildman–Crippen MR) is 85.2 cm³/mol. The summed E-state index contributed by atoms with van der Waals surface area (Å²) >= 11 is 0. The average molecular weight is 301 g/mol. The Balaban J connectivity index is 2.24. The summed E-state index contributed by atoms with van der Waals surface area (Å²) in [5.74, 6) is 5.64. The predicted octanol–water partition coefficient (Wildman–Crippen LogP) is 1.29. The normalized spacial score (nSPS) is 14.9. The second kappa shape index (κ2) is 6.21. The average Bonchev–Trinajstić information content (AvgIpc) is 2.60. The summed E-state index contributed by atoms with van der Waals surface area (Å²) in [5, 5.41) is 1.83. The van der Waals surface area contributed by atoms with Crippen molar-refractivity contribution in [3.05, 3.63) is 35.9 Å². The smallest absolute Gasteiger partial charge is 0.265 e. The molecule has 2 aromatic rings. The molecule has 1 amide bonds. The first kappa shape index (κ1) is 14.6. The molecule has 1 saturated heterocycles. The number of hydrogen-bond donors (Lipinski definition) is 2. The monoisotopic (exact) mass is 301 g/mol. The Kier molecular flexibility index (Phi) is 4.13. The van der Waals surface area contributed by atoms with Gasteiger partial charge in [0.05, 0.1) is 31.6 Å². The fraction of sp³-hybridized carbons (Fsp3) is 0.312. The standard InChI is InChI=1S/C16H19N3O3/c1-21-14-10-13(16(20)18-17)11-4-2-3-5-12(11)15(14)19-6-8-22-9-7-19/h2-5,10H,6-9,17H2,1H3,(H,18,20). The van der Waals surface area contributed by atoms with E-state index in [2.05, 4.69) is 10.3 Å². The van der Waals surface area contributed by atoms with Gasteiger partial charge in [0, 0.05) is 18.5 Å². The number of nitrogen functional groups attached to an aromatic ring is 1. The molecule has 0 spiro atoms. The van der Waals surface area contributed by atoms with E-state index in [0.717, 1.165) is 29.5 Å². The minimum Gasteiger partial charge on any atom is -0.495 e. The second-order valence-electron chi connectivity index (χ2n) is 5.09. The molecule has 22 heavy (non-hydrogen) atoms. The van der Waals surface area contributed by atoms with Gasteiger partial charge in [0.1, 0.15) is 5.75 Å². The number of rotatable bonds is 3. The first-order valence-electron chi connectivity index (χ1n) is 7.19. The van der Waals surface area contributed by atoms with Crippen LogP contribution >= 0.6 is 0 Å². The van der Waals surface area contributed by atoms with Crippen molar-refractivity contribution in [1.29, 1.82) is 0 Å². The molecule has 1 heterocycles. The zero-order valence-corrected chi connectivity index (χ0v) is 12.5. The topological polar surface area (TPSA) is 76.8 Å². The van der Waals surface area contributed by atoms with Crippen LogP contribution in [0.4, 0.5) is 5.69 Å². The summed E-state index contributed by atoms with van der Waals surface area (Å²) in [6.07, 6.45) is 0. The van der Waals surface area contributed by atoms with Gasteiger partial charge in [-0.25, -0.2) is 5.84 Å². The number of amides is 1. The van der Waals surface area contributed by atoms with E-state index in [9.17, 15) is 4.79 Å². The van der Waals surface area contributed by atoms with E-state index in [1.54, 1.807) is 13.2 Å². The summed E-state index contributed by atoms with van der Waals surface area (Å²) in [5.41, 5.74) is 3.70. The third-order valence-electron chi connectivity index (χ3n) is 3.90. The van der Waals surface area contributed by atoms with Crippen LogP contribution in [0.5, 0.6) is 5.75 Å². The lowest BCUT2D eigenvalue weighted by Gasteiger charge is -2.31. The number of nitrogens with zero attached hydrogens (tertiary/aromatic N) is 1. The lowest BCUT2D eigenvalue weighted by Crippen LogP contribution is -2.36. The van der Waals surface area contributed by atoms with Crippen LogP contribution < -0.4 is 20.9 Å². The molecule has 0 atom stereocenters. The van der Waals surface area contributed by atoms with Gasteiger partial charge in [-0.15, -0.1) is 0 Å². The Morgan fingerprint density at radius 2 is 1.95 bits per heavy atom. The highest BCUT2D eigenvalue weighted by atomic mass is 16.5. The summed E-state index contributed by atoms with van der Waals surface area (Å²) in [6.45, 7) is 2.95. The van der Waals surface area contributed by atoms with Crippen molar-refractivity contribution in [1.82, 2.24) is 5.43 Å². The molecule has 1 aliphatic rings. The van der Waals surface area contributed by atoms with Crippen molar-refractivity contribution in [3.63, 3.8) is 0 Å². The number of morpholine rings is 1. The van der Waals surface area contributed by atoms with Crippen LogP contribution in [0.1, 0.15) is 10.4 Å². The number of ether oxygens (including phenoxy) is 2. The maximum atomic E-state index is 12.1. The van der Waals surface area contributed by atoms with Gasteiger partial charge in [-0.3, -0.25) is 10.2 Å². The molecule has 2 aromatic carbocycles. The fourth-order valence-corrected chi connectivity index (χ4v) is 2.87. The van der Waals surface area contributed by atoms with Crippen molar-refractivity contribution in [2.75, 3.05) is 38.3 Å². The third kappa shape index (κ3) is 2.47. The molecule has 0 unspecified atom stereocenters. The van der Waals surface area contributed by atoms with Crippen LogP contribution in [0, 0.1) is 0 Å². The summed E-state index contributed by atoms with van der Waals surface area (Å²) < 4.78 is 11.0. The summed E-state index contributed by atoms with van der Waals surface area (Å²) in [6, 6.07) is 9.52. The van der Waals surface area contributed by atoms with Crippen molar-refractivity contribution < 1.29 is 14.3 Å². The van der Waals surface area contributed by atoms with Crippen molar-refractivity contribution >= 4 is 22.4 Å². The van der Waals surface area contributed by atoms with Crippen molar-refractivity contribution in [2.45, 2.75) is 0 Å². The SMILES string of the molecule is COc1cc(C(=O)NN)c2ccccc2c1N1CCOCC1. The van der Waals surface area contributed by atoms with Crippen LogP contribution in [0.25, 0.3) is 10.8 Å². The van der Waals surface area contributed by atoms with Gasteiger partial charge in [0.2, 0.25) is 0 Å². The van der Waals surface area contributed by atoms with E-state index < -0.39 is 0 Å². The molecule has 116 valence electrons. The van der Waals surface area contributed by atoms with E-state index in [-0.39, 0.29) is 5.91 Å². The van der Waals surface area contributed by atoms with Crippen LogP contribution in [-0.4, -0.2) is 39.3 Å². The number of carbonyl (C=O) groups excluding carboxylic acids is 1. The van der Waals surface area contributed by atoms with Gasteiger partial charge in [-0.05, 0) is 11.5 Å². The number of nitrogens with two attached hydrogens (primary N) is 1. The molecule has 0 aliphatic carbocycles. The molecule has 3 N–H and O–H groups in total. The van der Waals surface area contributed by atoms with Crippen LogP contribution in [0.15, 0.2) is 30.3 Å². The molecule has 1 fully saturated rings. The van der Waals surface area contributed by atoms with Crippen molar-refractivity contribution in [3.8, 4) is 5.75 Å². The highest BCUT2D eigenvalue weighted by Gasteiger charge is 2.22. The molecule has 0 aromatic heterocycles. The number of fused-ring (bicyclic) bond motifs is 1. The third-order valence-corrected chi connectivity index (χ3v) is 3.90. The van der Waals surface area contributed by atoms with Gasteiger partial charge in [-0.2, -0.15) is 0 Å². The minimum atomic E-state index is -0.331. The first-order chi connectivity index (χ1) is 10.8. The zero-order chi connectivity index (χ0) is 15.5. The van der Waals surface area contributed by atoms with E-state index in [0.29, 0.717) is 24.5 Å². The number of hydrazine groups is 1. The maximum Gasteiger partial charge on any atom is 0.265 e. The fourth-order valence-electron chi connectivity index (χ4n) is 2.87. The molecule has 6 heteroatoms. The summed E-state index contributed by atoms with van der Waals surface area (Å²) in [4.78, 5) is 14.3. The molecular weight excluding hydrogens is 282 g/mol. The molecule has 1 aliphatic heterocycles. The molecular formula is C16H19N3O3. The lowest BCUT2D eigenvalue weighted by molar-refractivity contribution is 0.0955. The largest absolute Gasteiger partial charge is 0.495 e. The molecule has 6 nitrogen and oxygen atoms in total. The van der Waals surface area contributed by atoms with Gasteiger partial charge in [0.15, 0.2) is 0 Å². The van der Waals surface area contributed by atoms with E-state index in [1.807, 2.05) is 24.3 Å².